The Morgan fingerprint density at radius 1 is 1.39 bits per heavy atom. The molecule has 0 saturated carbocycles. The molecule has 0 radical (unpaired) electrons. The quantitative estimate of drug-likeness (QED) is 0.875. The van der Waals surface area contributed by atoms with Crippen molar-refractivity contribution in [2.75, 3.05) is 6.54 Å². The molecule has 0 aromatic heterocycles. The third-order valence-corrected chi connectivity index (χ3v) is 3.81. The van der Waals surface area contributed by atoms with E-state index in [4.69, 9.17) is 5.26 Å². The summed E-state index contributed by atoms with van der Waals surface area (Å²) in [6.07, 6.45) is 4.58. The molecule has 2 nitrogen and oxygen atoms in total. The van der Waals surface area contributed by atoms with Crippen LogP contribution in [0.15, 0.2) is 24.3 Å². The van der Waals surface area contributed by atoms with Crippen molar-refractivity contribution in [3.8, 4) is 6.07 Å². The summed E-state index contributed by atoms with van der Waals surface area (Å²) in [4.78, 5) is 0. The van der Waals surface area contributed by atoms with Crippen molar-refractivity contribution in [3.05, 3.63) is 35.4 Å². The van der Waals surface area contributed by atoms with Crippen LogP contribution in [0.1, 0.15) is 50.3 Å². The average molecular weight is 242 g/mol. The first-order valence-electron chi connectivity index (χ1n) is 6.85. The molecule has 0 saturated heterocycles. The Kier molecular flexibility index (Phi) is 4.04. The molecule has 0 bridgehead atoms. The minimum atomic E-state index is -0.221. The van der Waals surface area contributed by atoms with Gasteiger partial charge in [-0.15, -0.1) is 0 Å². The lowest BCUT2D eigenvalue weighted by molar-refractivity contribution is 0.390. The molecule has 18 heavy (non-hydrogen) atoms. The first-order valence-corrected chi connectivity index (χ1v) is 6.85. The number of hydrogen-bond donors (Lipinski definition) is 1. The molecule has 1 aromatic rings. The van der Waals surface area contributed by atoms with E-state index in [1.54, 1.807) is 0 Å². The molecule has 1 N–H and O–H groups in total. The minimum absolute atomic E-state index is 0.221. The molecule has 96 valence electrons. The van der Waals surface area contributed by atoms with Crippen LogP contribution in [-0.4, -0.2) is 6.54 Å². The Labute approximate surface area is 110 Å². The number of nitrogens with zero attached hydrogens (tertiary/aromatic N) is 1. The molecule has 0 fully saturated rings. The number of rotatable bonds is 4. The van der Waals surface area contributed by atoms with Crippen molar-refractivity contribution in [2.24, 2.45) is 5.41 Å². The molecule has 2 rings (SSSR count). The van der Waals surface area contributed by atoms with E-state index in [0.29, 0.717) is 6.04 Å². The van der Waals surface area contributed by atoms with E-state index in [0.717, 1.165) is 13.0 Å². The zero-order valence-corrected chi connectivity index (χ0v) is 11.4. The normalized spacial score (nSPS) is 19.1. The second-order valence-corrected chi connectivity index (χ2v) is 5.84. The lowest BCUT2D eigenvalue weighted by Gasteiger charge is -2.27. The Bertz CT molecular complexity index is 443. The van der Waals surface area contributed by atoms with Gasteiger partial charge in [0.25, 0.3) is 0 Å². The number of benzene rings is 1. The van der Waals surface area contributed by atoms with Crippen molar-refractivity contribution >= 4 is 0 Å². The first kappa shape index (κ1) is 13.1. The van der Waals surface area contributed by atoms with Gasteiger partial charge in [0.15, 0.2) is 0 Å². The van der Waals surface area contributed by atoms with E-state index in [2.05, 4.69) is 35.7 Å². The van der Waals surface area contributed by atoms with Crippen molar-refractivity contribution < 1.29 is 0 Å². The van der Waals surface area contributed by atoms with Crippen LogP contribution in [0.5, 0.6) is 0 Å². The van der Waals surface area contributed by atoms with Crippen LogP contribution in [0.4, 0.5) is 0 Å². The van der Waals surface area contributed by atoms with Crippen LogP contribution in [0.2, 0.25) is 0 Å². The molecular weight excluding hydrogens is 220 g/mol. The maximum atomic E-state index is 9.01. The van der Waals surface area contributed by atoms with Crippen molar-refractivity contribution in [3.63, 3.8) is 0 Å². The highest BCUT2D eigenvalue weighted by molar-refractivity contribution is 5.32. The molecule has 0 spiro atoms. The third kappa shape index (κ3) is 3.11. The lowest BCUT2D eigenvalue weighted by atomic mass is 9.87. The number of nitriles is 1. The highest BCUT2D eigenvalue weighted by atomic mass is 14.9. The van der Waals surface area contributed by atoms with E-state index in [9.17, 15) is 0 Å². The Balaban J connectivity index is 1.94. The first-order chi connectivity index (χ1) is 8.62. The van der Waals surface area contributed by atoms with E-state index < -0.39 is 0 Å². The summed E-state index contributed by atoms with van der Waals surface area (Å²) in [6, 6.07) is 11.6. The highest BCUT2D eigenvalue weighted by Gasteiger charge is 2.21. The summed E-state index contributed by atoms with van der Waals surface area (Å²) >= 11 is 0. The van der Waals surface area contributed by atoms with Crippen LogP contribution >= 0.6 is 0 Å². The molecule has 1 atom stereocenters. The predicted octanol–water partition coefficient (Wildman–Crippen LogP) is 3.59. The zero-order valence-electron chi connectivity index (χ0n) is 11.4. The smallest absolute Gasteiger partial charge is 0.0684 e. The van der Waals surface area contributed by atoms with Gasteiger partial charge < -0.3 is 5.32 Å². The van der Waals surface area contributed by atoms with Gasteiger partial charge in [-0.2, -0.15) is 5.26 Å². The van der Waals surface area contributed by atoms with Crippen LogP contribution in [0, 0.1) is 16.7 Å². The fourth-order valence-corrected chi connectivity index (χ4v) is 2.58. The van der Waals surface area contributed by atoms with Gasteiger partial charge in [0.2, 0.25) is 0 Å². The molecule has 0 amide bonds. The fraction of sp³-hybridized carbons (Fsp3) is 0.562. The van der Waals surface area contributed by atoms with Gasteiger partial charge in [-0.3, -0.25) is 0 Å². The average Bonchev–Trinajstić information content (AvgIpc) is 2.39. The number of aryl methyl sites for hydroxylation is 1. The number of nitrogens with one attached hydrogen (secondary N) is 1. The Morgan fingerprint density at radius 2 is 2.17 bits per heavy atom. The molecule has 0 aliphatic heterocycles. The maximum absolute atomic E-state index is 9.01. The Hall–Kier alpha value is -1.33. The van der Waals surface area contributed by atoms with Gasteiger partial charge in [-0.05, 0) is 57.2 Å². The summed E-state index contributed by atoms with van der Waals surface area (Å²) in [5.74, 6) is 0. The zero-order chi connectivity index (χ0) is 13.0. The van der Waals surface area contributed by atoms with Gasteiger partial charge in [0.05, 0.1) is 11.5 Å². The van der Waals surface area contributed by atoms with Gasteiger partial charge >= 0.3 is 0 Å². The van der Waals surface area contributed by atoms with Crippen molar-refractivity contribution in [2.45, 2.75) is 45.6 Å². The number of hydrogen-bond acceptors (Lipinski definition) is 2. The molecule has 1 aliphatic rings. The monoisotopic (exact) mass is 242 g/mol. The standard InChI is InChI=1S/C16H22N2/c1-16(2,12-17)10-11-18-15-9-5-7-13-6-3-4-8-14(13)15/h3-4,6,8,15,18H,5,7,9-11H2,1-2H3. The predicted molar refractivity (Wildman–Crippen MR) is 74.1 cm³/mol. The molecule has 0 heterocycles. The van der Waals surface area contributed by atoms with Gasteiger partial charge in [0.1, 0.15) is 0 Å². The van der Waals surface area contributed by atoms with E-state index in [1.165, 1.54) is 30.4 Å². The summed E-state index contributed by atoms with van der Waals surface area (Å²) in [6.45, 7) is 4.92. The molecule has 1 aromatic carbocycles. The highest BCUT2D eigenvalue weighted by Crippen LogP contribution is 2.29. The minimum Gasteiger partial charge on any atom is -0.310 e. The van der Waals surface area contributed by atoms with Crippen LogP contribution in [0.25, 0.3) is 0 Å². The lowest BCUT2D eigenvalue weighted by Crippen LogP contribution is -2.28. The van der Waals surface area contributed by atoms with Gasteiger partial charge in [-0.1, -0.05) is 24.3 Å². The topological polar surface area (TPSA) is 35.8 Å². The fourth-order valence-electron chi connectivity index (χ4n) is 2.58. The summed E-state index contributed by atoms with van der Waals surface area (Å²) in [7, 11) is 0. The third-order valence-electron chi connectivity index (χ3n) is 3.81. The molecule has 1 unspecified atom stereocenters. The largest absolute Gasteiger partial charge is 0.310 e. The molecule has 2 heteroatoms. The molecule has 1 aliphatic carbocycles. The van der Waals surface area contributed by atoms with Gasteiger partial charge in [-0.25, -0.2) is 0 Å². The summed E-state index contributed by atoms with van der Waals surface area (Å²) in [5.41, 5.74) is 2.72. The van der Waals surface area contributed by atoms with Crippen LogP contribution in [-0.2, 0) is 6.42 Å². The van der Waals surface area contributed by atoms with E-state index in [-0.39, 0.29) is 5.41 Å². The van der Waals surface area contributed by atoms with Crippen LogP contribution in [0.3, 0.4) is 0 Å². The summed E-state index contributed by atoms with van der Waals surface area (Å²) < 4.78 is 0. The Morgan fingerprint density at radius 3 is 2.94 bits per heavy atom. The van der Waals surface area contributed by atoms with E-state index in [1.807, 2.05) is 13.8 Å². The second-order valence-electron chi connectivity index (χ2n) is 5.84. The van der Waals surface area contributed by atoms with Gasteiger partial charge in [0, 0.05) is 6.04 Å². The number of fused-ring (bicyclic) bond motifs is 1. The van der Waals surface area contributed by atoms with Crippen LogP contribution < -0.4 is 5.32 Å². The van der Waals surface area contributed by atoms with Crippen molar-refractivity contribution in [1.29, 1.82) is 5.26 Å². The maximum Gasteiger partial charge on any atom is 0.0684 e. The van der Waals surface area contributed by atoms with E-state index >= 15 is 0 Å². The molecular formula is C16H22N2. The summed E-state index contributed by atoms with van der Waals surface area (Å²) in [5, 5.41) is 12.6. The van der Waals surface area contributed by atoms with Crippen molar-refractivity contribution in [1.82, 2.24) is 5.32 Å². The SMILES string of the molecule is CC(C)(C#N)CCNC1CCCc2ccccc21. The second kappa shape index (κ2) is 5.54.